The molecule has 170 valence electrons. The molecular weight excluding hydrogens is 426 g/mol. The average molecular weight is 452 g/mol. The molecule has 3 aromatic carbocycles. The Bertz CT molecular complexity index is 1210. The molecule has 1 aliphatic carbocycles. The van der Waals surface area contributed by atoms with E-state index in [0.29, 0.717) is 17.9 Å². The summed E-state index contributed by atoms with van der Waals surface area (Å²) in [5.74, 6) is -1.79. The number of amides is 2. The van der Waals surface area contributed by atoms with Crippen LogP contribution in [0.15, 0.2) is 97.1 Å². The summed E-state index contributed by atoms with van der Waals surface area (Å²) < 4.78 is 5.80. The van der Waals surface area contributed by atoms with Gasteiger partial charge in [-0.2, -0.15) is 0 Å². The van der Waals surface area contributed by atoms with E-state index >= 15 is 0 Å². The molecule has 1 fully saturated rings. The molecule has 5 heteroatoms. The first-order valence-electron chi connectivity index (χ1n) is 11.5. The first-order valence-corrected chi connectivity index (χ1v) is 11.5. The maximum absolute atomic E-state index is 13.3. The van der Waals surface area contributed by atoms with E-state index in [2.05, 4.69) is 0 Å². The van der Waals surface area contributed by atoms with E-state index in [4.69, 9.17) is 4.74 Å². The van der Waals surface area contributed by atoms with Gasteiger partial charge >= 0.3 is 5.97 Å². The SMILES string of the molecule is CC1C=CCC2C(=O)N(c3cccc(OC(=O)C(c4ccccc4)c4ccccc4)c3)C(=O)C12. The number of rotatable bonds is 5. The van der Waals surface area contributed by atoms with Gasteiger partial charge in [0, 0.05) is 6.07 Å². The van der Waals surface area contributed by atoms with Crippen molar-refractivity contribution in [3.63, 3.8) is 0 Å². The molecule has 5 nitrogen and oxygen atoms in total. The molecule has 0 N–H and O–H groups in total. The molecule has 3 unspecified atom stereocenters. The summed E-state index contributed by atoms with van der Waals surface area (Å²) in [7, 11) is 0. The summed E-state index contributed by atoms with van der Waals surface area (Å²) in [6.45, 7) is 1.97. The largest absolute Gasteiger partial charge is 0.426 e. The second-order valence-electron chi connectivity index (χ2n) is 8.84. The summed E-state index contributed by atoms with van der Waals surface area (Å²) in [6, 6.07) is 25.6. The minimum atomic E-state index is -0.601. The van der Waals surface area contributed by atoms with Crippen molar-refractivity contribution < 1.29 is 19.1 Å². The quantitative estimate of drug-likeness (QED) is 0.234. The fourth-order valence-electron chi connectivity index (χ4n) is 5.02. The molecule has 2 aliphatic rings. The lowest BCUT2D eigenvalue weighted by Gasteiger charge is -2.22. The lowest BCUT2D eigenvalue weighted by Crippen LogP contribution is -2.31. The van der Waals surface area contributed by atoms with E-state index in [1.807, 2.05) is 79.7 Å². The molecule has 1 heterocycles. The van der Waals surface area contributed by atoms with Crippen LogP contribution in [0.1, 0.15) is 30.4 Å². The summed E-state index contributed by atoms with van der Waals surface area (Å²) in [4.78, 5) is 40.8. The fourth-order valence-corrected chi connectivity index (χ4v) is 5.02. The third-order valence-corrected chi connectivity index (χ3v) is 6.67. The van der Waals surface area contributed by atoms with Crippen molar-refractivity contribution in [2.75, 3.05) is 4.90 Å². The van der Waals surface area contributed by atoms with Gasteiger partial charge < -0.3 is 4.74 Å². The third-order valence-electron chi connectivity index (χ3n) is 6.67. The molecule has 1 aliphatic heterocycles. The molecule has 3 aromatic rings. The number of esters is 1. The number of carbonyl (C=O) groups excluding carboxylic acids is 3. The van der Waals surface area contributed by atoms with Crippen molar-refractivity contribution in [3.05, 3.63) is 108 Å². The zero-order valence-electron chi connectivity index (χ0n) is 18.8. The predicted molar refractivity (Wildman–Crippen MR) is 129 cm³/mol. The van der Waals surface area contributed by atoms with Crippen molar-refractivity contribution in [2.24, 2.45) is 17.8 Å². The van der Waals surface area contributed by atoms with Gasteiger partial charge in [-0.1, -0.05) is 85.8 Å². The minimum Gasteiger partial charge on any atom is -0.426 e. The number of allylic oxidation sites excluding steroid dienone is 2. The second kappa shape index (κ2) is 9.10. The molecule has 5 rings (SSSR count). The lowest BCUT2D eigenvalue weighted by atomic mass is 9.78. The van der Waals surface area contributed by atoms with Crippen LogP contribution in [-0.4, -0.2) is 17.8 Å². The number of fused-ring (bicyclic) bond motifs is 1. The Hall–Kier alpha value is -3.99. The highest BCUT2D eigenvalue weighted by Gasteiger charge is 2.50. The molecule has 0 bridgehead atoms. The Labute approximate surface area is 198 Å². The van der Waals surface area contributed by atoms with Crippen LogP contribution in [0.4, 0.5) is 5.69 Å². The molecule has 0 radical (unpaired) electrons. The highest BCUT2D eigenvalue weighted by atomic mass is 16.5. The smallest absolute Gasteiger partial charge is 0.323 e. The Morgan fingerprint density at radius 2 is 1.53 bits per heavy atom. The van der Waals surface area contributed by atoms with E-state index in [9.17, 15) is 14.4 Å². The summed E-state index contributed by atoms with van der Waals surface area (Å²) in [6.07, 6.45) is 4.55. The highest BCUT2D eigenvalue weighted by molar-refractivity contribution is 6.22. The summed E-state index contributed by atoms with van der Waals surface area (Å²) in [5, 5.41) is 0. The van der Waals surface area contributed by atoms with Gasteiger partial charge in [0.2, 0.25) is 11.8 Å². The summed E-state index contributed by atoms with van der Waals surface area (Å²) >= 11 is 0. The number of carbonyl (C=O) groups is 3. The molecule has 34 heavy (non-hydrogen) atoms. The number of nitrogens with zero attached hydrogens (tertiary/aromatic N) is 1. The fraction of sp³-hybridized carbons (Fsp3) is 0.207. The highest BCUT2D eigenvalue weighted by Crippen LogP contribution is 2.41. The van der Waals surface area contributed by atoms with E-state index in [-0.39, 0.29) is 29.6 Å². The van der Waals surface area contributed by atoms with Crippen LogP contribution in [0, 0.1) is 17.8 Å². The van der Waals surface area contributed by atoms with E-state index < -0.39 is 11.9 Å². The molecule has 3 atom stereocenters. The van der Waals surface area contributed by atoms with Crippen molar-refractivity contribution in [1.82, 2.24) is 0 Å². The summed E-state index contributed by atoms with van der Waals surface area (Å²) in [5.41, 5.74) is 2.08. The number of ether oxygens (including phenoxy) is 1. The van der Waals surface area contributed by atoms with E-state index in [1.54, 1.807) is 24.3 Å². The number of hydrogen-bond donors (Lipinski definition) is 0. The van der Waals surface area contributed by atoms with Crippen LogP contribution < -0.4 is 9.64 Å². The Balaban J connectivity index is 1.42. The van der Waals surface area contributed by atoms with Gasteiger partial charge in [0.05, 0.1) is 17.5 Å². The van der Waals surface area contributed by atoms with Gasteiger partial charge in [0.25, 0.3) is 0 Å². The number of imide groups is 1. The molecule has 0 aromatic heterocycles. The first-order chi connectivity index (χ1) is 16.5. The van der Waals surface area contributed by atoms with Crippen molar-refractivity contribution >= 4 is 23.5 Å². The Kier molecular flexibility index (Phi) is 5.84. The monoisotopic (exact) mass is 451 g/mol. The first kappa shape index (κ1) is 21.8. The third kappa shape index (κ3) is 3.94. The van der Waals surface area contributed by atoms with Gasteiger partial charge in [-0.05, 0) is 35.6 Å². The van der Waals surface area contributed by atoms with Gasteiger partial charge in [-0.3, -0.25) is 14.4 Å². The van der Waals surface area contributed by atoms with Gasteiger partial charge in [-0.25, -0.2) is 4.90 Å². The number of anilines is 1. The molecule has 0 spiro atoms. The Morgan fingerprint density at radius 1 is 0.882 bits per heavy atom. The molecule has 0 saturated carbocycles. The van der Waals surface area contributed by atoms with Crippen molar-refractivity contribution in [3.8, 4) is 5.75 Å². The van der Waals surface area contributed by atoms with Crippen LogP contribution in [0.2, 0.25) is 0 Å². The minimum absolute atomic E-state index is 0.0127. The Morgan fingerprint density at radius 3 is 2.15 bits per heavy atom. The maximum atomic E-state index is 13.3. The van der Waals surface area contributed by atoms with Crippen LogP contribution in [0.3, 0.4) is 0 Å². The van der Waals surface area contributed by atoms with E-state index in [0.717, 1.165) is 11.1 Å². The normalized spacial score (nSPS) is 21.6. The van der Waals surface area contributed by atoms with Crippen molar-refractivity contribution in [2.45, 2.75) is 19.3 Å². The second-order valence-corrected chi connectivity index (χ2v) is 8.84. The van der Waals surface area contributed by atoms with Crippen LogP contribution in [0.5, 0.6) is 5.75 Å². The zero-order chi connectivity index (χ0) is 23.7. The van der Waals surface area contributed by atoms with Gasteiger partial charge in [0.15, 0.2) is 0 Å². The molecule has 1 saturated heterocycles. The number of hydrogen-bond acceptors (Lipinski definition) is 4. The molecular formula is C29H25NO4. The van der Waals surface area contributed by atoms with Gasteiger partial charge in [-0.15, -0.1) is 0 Å². The maximum Gasteiger partial charge on any atom is 0.323 e. The van der Waals surface area contributed by atoms with Crippen molar-refractivity contribution in [1.29, 1.82) is 0 Å². The molecule has 2 amide bonds. The van der Waals surface area contributed by atoms with E-state index in [1.165, 1.54) is 4.90 Å². The zero-order valence-corrected chi connectivity index (χ0v) is 18.8. The van der Waals surface area contributed by atoms with Crippen LogP contribution in [0.25, 0.3) is 0 Å². The topological polar surface area (TPSA) is 63.7 Å². The van der Waals surface area contributed by atoms with Crippen LogP contribution >= 0.6 is 0 Å². The average Bonchev–Trinajstić information content (AvgIpc) is 3.11. The number of benzene rings is 3. The van der Waals surface area contributed by atoms with Crippen LogP contribution in [-0.2, 0) is 14.4 Å². The van der Waals surface area contributed by atoms with Gasteiger partial charge in [0.1, 0.15) is 11.7 Å². The lowest BCUT2D eigenvalue weighted by molar-refractivity contribution is -0.135. The predicted octanol–water partition coefficient (Wildman–Crippen LogP) is 5.13. The standard InChI is InChI=1S/C29H25NO4/c1-19-10-8-17-24-25(19)28(32)30(27(24)31)22-15-9-16-23(18-22)34-29(33)26(20-11-4-2-5-12-20)21-13-6-3-7-14-21/h2-16,18-19,24-26H,17H2,1H3.